The summed E-state index contributed by atoms with van der Waals surface area (Å²) in [5.74, 6) is -0.311. The Morgan fingerprint density at radius 2 is 1.53 bits per heavy atom. The minimum Gasteiger partial charge on any atom is -0.444 e. The van der Waals surface area contributed by atoms with Gasteiger partial charge in [-0.2, -0.15) is 0 Å². The van der Waals surface area contributed by atoms with E-state index in [4.69, 9.17) is 4.74 Å². The fourth-order valence-corrected chi connectivity index (χ4v) is 5.26. The molecule has 10 heteroatoms. The Morgan fingerprint density at radius 1 is 0.867 bits per heavy atom. The van der Waals surface area contributed by atoms with Crippen LogP contribution in [0, 0.1) is 11.8 Å². The molecule has 246 valence electrons. The minimum absolute atomic E-state index is 0.140. The van der Waals surface area contributed by atoms with E-state index in [-0.39, 0.29) is 18.8 Å². The van der Waals surface area contributed by atoms with E-state index in [1.165, 1.54) is 6.33 Å². The number of nitrogens with one attached hydrogen (secondary N) is 4. The molecule has 0 aliphatic heterocycles. The average molecular weight is 622 g/mol. The number of imidazole rings is 1. The zero-order valence-corrected chi connectivity index (χ0v) is 27.7. The molecule has 45 heavy (non-hydrogen) atoms. The fourth-order valence-electron chi connectivity index (χ4n) is 5.26. The first-order valence-corrected chi connectivity index (χ1v) is 15.9. The summed E-state index contributed by atoms with van der Waals surface area (Å²) >= 11 is 0. The number of amides is 3. The second-order valence-corrected chi connectivity index (χ2v) is 13.7. The summed E-state index contributed by atoms with van der Waals surface area (Å²) in [6.07, 6.45) is 3.93. The van der Waals surface area contributed by atoms with Crippen LogP contribution in [-0.2, 0) is 27.2 Å². The van der Waals surface area contributed by atoms with Crippen molar-refractivity contribution in [1.29, 1.82) is 0 Å². The smallest absolute Gasteiger partial charge is 0.408 e. The Bertz CT molecular complexity index is 1380. The summed E-state index contributed by atoms with van der Waals surface area (Å²) in [5.41, 5.74) is 0.751. The molecule has 0 aliphatic rings. The molecule has 1 aromatic heterocycles. The lowest BCUT2D eigenvalue weighted by Gasteiger charge is -2.29. The molecule has 0 radical (unpaired) electrons. The molecule has 0 saturated heterocycles. The first-order valence-electron chi connectivity index (χ1n) is 15.9. The second-order valence-electron chi connectivity index (χ2n) is 13.7. The van der Waals surface area contributed by atoms with Crippen molar-refractivity contribution in [2.45, 2.75) is 110 Å². The molecule has 2 aromatic carbocycles. The highest BCUT2D eigenvalue weighted by Gasteiger charge is 2.32. The molecule has 1 heterocycles. The molecule has 10 nitrogen and oxygen atoms in total. The average Bonchev–Trinajstić information content (AvgIpc) is 3.47. The van der Waals surface area contributed by atoms with E-state index in [0.29, 0.717) is 24.5 Å². The topological polar surface area (TPSA) is 145 Å². The van der Waals surface area contributed by atoms with E-state index in [9.17, 15) is 19.5 Å². The summed E-state index contributed by atoms with van der Waals surface area (Å²) in [5, 5.41) is 21.6. The summed E-state index contributed by atoms with van der Waals surface area (Å²) in [7, 11) is 0. The van der Waals surface area contributed by atoms with Crippen LogP contribution in [0.25, 0.3) is 10.8 Å². The summed E-state index contributed by atoms with van der Waals surface area (Å²) < 4.78 is 5.49. The van der Waals surface area contributed by atoms with Crippen molar-refractivity contribution in [1.82, 2.24) is 25.9 Å². The SMILES string of the molecule is CC(C)CC[C@@H](O)[C@@H](CC(C)C)NC(=O)[C@H](Cc1cnc[nH]1)NC(=O)[C@H](Cc1cccc2ccccc12)NC(=O)OC(C)(C)C. The largest absolute Gasteiger partial charge is 0.444 e. The van der Waals surface area contributed by atoms with Gasteiger partial charge in [-0.25, -0.2) is 9.78 Å². The van der Waals surface area contributed by atoms with E-state index in [1.807, 2.05) is 56.3 Å². The lowest BCUT2D eigenvalue weighted by molar-refractivity contribution is -0.131. The maximum absolute atomic E-state index is 14.0. The van der Waals surface area contributed by atoms with Crippen molar-refractivity contribution in [2.75, 3.05) is 0 Å². The molecule has 0 fully saturated rings. The third-order valence-electron chi connectivity index (χ3n) is 7.48. The van der Waals surface area contributed by atoms with Crippen molar-refractivity contribution >= 4 is 28.7 Å². The lowest BCUT2D eigenvalue weighted by atomic mass is 9.93. The monoisotopic (exact) mass is 621 g/mol. The highest BCUT2D eigenvalue weighted by molar-refractivity contribution is 5.93. The molecule has 0 saturated carbocycles. The number of aliphatic hydroxyl groups excluding tert-OH is 1. The van der Waals surface area contributed by atoms with Gasteiger partial charge >= 0.3 is 6.09 Å². The number of H-pyrrole nitrogens is 1. The third-order valence-corrected chi connectivity index (χ3v) is 7.48. The van der Waals surface area contributed by atoms with Gasteiger partial charge in [0.15, 0.2) is 0 Å². The standard InChI is InChI=1S/C35H51N5O5/c1-22(2)15-16-31(41)28(17-23(3)4)38-33(43)30(19-26-20-36-21-37-26)39-32(42)29(40-34(44)45-35(5,6)7)18-25-13-10-12-24-11-8-9-14-27(24)25/h8-14,20-23,28-31,41H,15-19H2,1-7H3,(H,36,37)(H,38,43)(H,39,42)(H,40,44)/t28-,29+,30+,31-/m1/s1. The number of hydrogen-bond donors (Lipinski definition) is 5. The van der Waals surface area contributed by atoms with Gasteiger partial charge < -0.3 is 30.8 Å². The quantitative estimate of drug-likeness (QED) is 0.161. The first kappa shape index (κ1) is 35.6. The van der Waals surface area contributed by atoms with Gasteiger partial charge in [-0.3, -0.25) is 9.59 Å². The molecule has 0 aliphatic carbocycles. The zero-order valence-electron chi connectivity index (χ0n) is 27.7. The van der Waals surface area contributed by atoms with Crippen LogP contribution < -0.4 is 16.0 Å². The number of aromatic amines is 1. The number of alkyl carbamates (subject to hydrolysis) is 1. The van der Waals surface area contributed by atoms with Crippen molar-refractivity contribution in [3.05, 3.63) is 66.2 Å². The fraction of sp³-hybridized carbons (Fsp3) is 0.543. The van der Waals surface area contributed by atoms with Crippen LogP contribution in [0.15, 0.2) is 55.0 Å². The van der Waals surface area contributed by atoms with Crippen LogP contribution in [0.4, 0.5) is 4.79 Å². The Balaban J connectivity index is 1.88. The molecule has 0 bridgehead atoms. The number of rotatable bonds is 15. The van der Waals surface area contributed by atoms with Crippen LogP contribution in [-0.4, -0.2) is 62.8 Å². The number of aromatic nitrogens is 2. The number of carbonyl (C=O) groups is 3. The maximum atomic E-state index is 14.0. The lowest BCUT2D eigenvalue weighted by Crippen LogP contribution is -2.57. The van der Waals surface area contributed by atoms with Crippen LogP contribution in [0.3, 0.4) is 0 Å². The Kier molecular flexibility index (Phi) is 13.0. The number of fused-ring (bicyclic) bond motifs is 1. The Hall–Kier alpha value is -3.92. The predicted molar refractivity (Wildman–Crippen MR) is 176 cm³/mol. The van der Waals surface area contributed by atoms with Crippen LogP contribution in [0.5, 0.6) is 0 Å². The second kappa shape index (κ2) is 16.4. The van der Waals surface area contributed by atoms with Gasteiger partial charge in [0, 0.05) is 24.7 Å². The van der Waals surface area contributed by atoms with Gasteiger partial charge in [0.1, 0.15) is 17.7 Å². The molecule has 3 amide bonds. The van der Waals surface area contributed by atoms with Gasteiger partial charge in [0.05, 0.1) is 18.5 Å². The highest BCUT2D eigenvalue weighted by atomic mass is 16.6. The summed E-state index contributed by atoms with van der Waals surface area (Å²) in [6.45, 7) is 13.5. The summed E-state index contributed by atoms with van der Waals surface area (Å²) in [6, 6.07) is 11.1. The molecule has 0 unspecified atom stereocenters. The van der Waals surface area contributed by atoms with Crippen LogP contribution in [0.2, 0.25) is 0 Å². The van der Waals surface area contributed by atoms with E-state index < -0.39 is 47.7 Å². The number of hydrogen-bond acceptors (Lipinski definition) is 6. The van der Waals surface area contributed by atoms with E-state index in [0.717, 1.165) is 22.8 Å². The zero-order chi connectivity index (χ0) is 33.1. The van der Waals surface area contributed by atoms with E-state index >= 15 is 0 Å². The van der Waals surface area contributed by atoms with Gasteiger partial charge in [-0.05, 0) is 68.2 Å². The normalized spacial score (nSPS) is 14.5. The van der Waals surface area contributed by atoms with E-state index in [2.05, 4.69) is 39.8 Å². The molecular weight excluding hydrogens is 570 g/mol. The molecule has 5 N–H and O–H groups in total. The maximum Gasteiger partial charge on any atom is 0.408 e. The van der Waals surface area contributed by atoms with Gasteiger partial charge in [0.2, 0.25) is 11.8 Å². The van der Waals surface area contributed by atoms with Crippen molar-refractivity contribution in [2.24, 2.45) is 11.8 Å². The number of ether oxygens (including phenoxy) is 1. The van der Waals surface area contributed by atoms with Crippen LogP contribution in [0.1, 0.15) is 79.0 Å². The highest BCUT2D eigenvalue weighted by Crippen LogP contribution is 2.21. The van der Waals surface area contributed by atoms with Crippen LogP contribution >= 0.6 is 0 Å². The van der Waals surface area contributed by atoms with Gasteiger partial charge in [0.25, 0.3) is 0 Å². The summed E-state index contributed by atoms with van der Waals surface area (Å²) in [4.78, 5) is 47.8. The first-order chi connectivity index (χ1) is 21.2. The Labute approximate surface area is 267 Å². The number of benzene rings is 2. The van der Waals surface area contributed by atoms with Gasteiger partial charge in [-0.15, -0.1) is 0 Å². The minimum atomic E-state index is -1.04. The third kappa shape index (κ3) is 11.8. The molecule has 3 rings (SSSR count). The molecule has 3 aromatic rings. The number of carbonyl (C=O) groups excluding carboxylic acids is 3. The molecule has 0 spiro atoms. The Morgan fingerprint density at radius 3 is 2.18 bits per heavy atom. The number of nitrogens with zero attached hydrogens (tertiary/aromatic N) is 1. The van der Waals surface area contributed by atoms with Crippen molar-refractivity contribution in [3.8, 4) is 0 Å². The van der Waals surface area contributed by atoms with E-state index in [1.54, 1.807) is 27.0 Å². The molecule has 4 atom stereocenters. The molecular formula is C35H51N5O5. The van der Waals surface area contributed by atoms with Crippen molar-refractivity contribution in [3.63, 3.8) is 0 Å². The van der Waals surface area contributed by atoms with Crippen molar-refractivity contribution < 1.29 is 24.2 Å². The van der Waals surface area contributed by atoms with Gasteiger partial charge in [-0.1, -0.05) is 70.2 Å². The number of aliphatic hydroxyl groups is 1. The predicted octanol–water partition coefficient (Wildman–Crippen LogP) is 5.05.